The summed E-state index contributed by atoms with van der Waals surface area (Å²) in [5.41, 5.74) is 5.93. The van der Waals surface area contributed by atoms with Gasteiger partial charge < -0.3 is 10.0 Å². The molecule has 12 heteroatoms. The van der Waals surface area contributed by atoms with Crippen molar-refractivity contribution in [3.05, 3.63) is 114 Å². The monoisotopic (exact) mass is 826 g/mol. The van der Waals surface area contributed by atoms with E-state index in [1.807, 2.05) is 31.2 Å². The van der Waals surface area contributed by atoms with Crippen molar-refractivity contribution in [3.63, 3.8) is 0 Å². The van der Waals surface area contributed by atoms with Crippen LogP contribution in [-0.4, -0.2) is 68.1 Å². The number of hydrogen-bond acceptors (Lipinski definition) is 6. The van der Waals surface area contributed by atoms with Gasteiger partial charge in [-0.2, -0.15) is 13.0 Å². The Morgan fingerprint density at radius 2 is 1.59 bits per heavy atom. The third kappa shape index (κ3) is 9.15. The number of fused-ring (bicyclic) bond motifs is 5. The molecule has 0 aromatic heterocycles. The SMILES string of the molecule is CCCNS(=O)(=O)c1ccc2cc3c(cc2c1)N(CCCCS(=O)(=O)O)/C(=C/C=C/C=C/C1=[N+](CCCCCC(=O)O)c2ccc4ccccc4c2C1(C)C)C3(C)C. The molecule has 0 atom stereocenters. The first-order valence-electron chi connectivity index (χ1n) is 20.2. The molecule has 3 N–H and O–H groups in total. The van der Waals surface area contributed by atoms with Crippen LogP contribution in [-0.2, 0) is 35.8 Å². The summed E-state index contributed by atoms with van der Waals surface area (Å²) in [6.07, 6.45) is 14.4. The highest BCUT2D eigenvalue weighted by atomic mass is 32.2. The van der Waals surface area contributed by atoms with E-state index in [9.17, 15) is 26.2 Å². The number of benzene rings is 4. The molecule has 10 nitrogen and oxygen atoms in total. The number of allylic oxidation sites excluding steroid dienone is 6. The number of sulfonamides is 1. The molecule has 6 rings (SSSR count). The second-order valence-corrected chi connectivity index (χ2v) is 19.7. The first-order chi connectivity index (χ1) is 27.5. The average molecular weight is 827 g/mol. The van der Waals surface area contributed by atoms with Gasteiger partial charge in [0.15, 0.2) is 5.71 Å². The predicted molar refractivity (Wildman–Crippen MR) is 235 cm³/mol. The second kappa shape index (κ2) is 17.3. The molecule has 0 bridgehead atoms. The van der Waals surface area contributed by atoms with Gasteiger partial charge in [-0.1, -0.05) is 69.3 Å². The molecule has 0 fully saturated rings. The summed E-state index contributed by atoms with van der Waals surface area (Å²) in [5, 5.41) is 13.3. The maximum atomic E-state index is 13.0. The largest absolute Gasteiger partial charge is 0.481 e. The minimum atomic E-state index is -4.09. The van der Waals surface area contributed by atoms with Crippen LogP contribution in [0.1, 0.15) is 90.7 Å². The molecule has 0 saturated heterocycles. The quantitative estimate of drug-likeness (QED) is 0.0390. The number of unbranched alkanes of at least 4 members (excludes halogenated alkanes) is 3. The molecule has 2 aliphatic heterocycles. The fourth-order valence-corrected chi connectivity index (χ4v) is 10.3. The van der Waals surface area contributed by atoms with Crippen LogP contribution in [0.2, 0.25) is 0 Å². The lowest BCUT2D eigenvalue weighted by atomic mass is 9.79. The van der Waals surface area contributed by atoms with Crippen LogP contribution in [0.25, 0.3) is 21.5 Å². The molecule has 58 heavy (non-hydrogen) atoms. The van der Waals surface area contributed by atoms with Crippen LogP contribution >= 0.6 is 0 Å². The predicted octanol–water partition coefficient (Wildman–Crippen LogP) is 9.16. The fourth-order valence-electron chi connectivity index (χ4n) is 8.53. The zero-order chi connectivity index (χ0) is 41.9. The normalized spacial score (nSPS) is 17.1. The Morgan fingerprint density at radius 1 is 0.828 bits per heavy atom. The Labute approximate surface area is 343 Å². The second-order valence-electron chi connectivity index (χ2n) is 16.4. The van der Waals surface area contributed by atoms with E-state index < -0.39 is 31.5 Å². The van der Waals surface area contributed by atoms with Crippen LogP contribution in [0.5, 0.6) is 0 Å². The minimum absolute atomic E-state index is 0.173. The molecule has 4 aromatic carbocycles. The van der Waals surface area contributed by atoms with E-state index in [0.29, 0.717) is 32.4 Å². The van der Waals surface area contributed by atoms with Gasteiger partial charge in [0.25, 0.3) is 10.1 Å². The van der Waals surface area contributed by atoms with Crippen LogP contribution in [0.4, 0.5) is 11.4 Å². The van der Waals surface area contributed by atoms with Crippen molar-refractivity contribution in [1.29, 1.82) is 0 Å². The Bertz CT molecular complexity index is 2570. The molecule has 0 radical (unpaired) electrons. The van der Waals surface area contributed by atoms with Gasteiger partial charge >= 0.3 is 5.97 Å². The van der Waals surface area contributed by atoms with Crippen molar-refractivity contribution in [2.24, 2.45) is 0 Å². The summed E-state index contributed by atoms with van der Waals surface area (Å²) in [6, 6.07) is 22.2. The zero-order valence-electron chi connectivity index (χ0n) is 34.2. The molecule has 2 heterocycles. The van der Waals surface area contributed by atoms with Gasteiger partial charge in [0, 0.05) is 60.4 Å². The number of hydrogen-bond donors (Lipinski definition) is 3. The number of aliphatic carboxylic acids is 1. The van der Waals surface area contributed by atoms with Crippen molar-refractivity contribution in [2.75, 3.05) is 30.3 Å². The van der Waals surface area contributed by atoms with E-state index in [2.05, 4.69) is 103 Å². The van der Waals surface area contributed by atoms with Gasteiger partial charge in [0.2, 0.25) is 15.7 Å². The highest BCUT2D eigenvalue weighted by Gasteiger charge is 2.45. The van der Waals surface area contributed by atoms with Gasteiger partial charge in [-0.25, -0.2) is 13.1 Å². The maximum absolute atomic E-state index is 13.0. The van der Waals surface area contributed by atoms with Crippen molar-refractivity contribution in [1.82, 2.24) is 4.72 Å². The molecule has 0 aliphatic carbocycles. The maximum Gasteiger partial charge on any atom is 0.303 e. The lowest BCUT2D eigenvalue weighted by Gasteiger charge is -2.27. The van der Waals surface area contributed by atoms with E-state index >= 15 is 0 Å². The van der Waals surface area contributed by atoms with Crippen LogP contribution in [0, 0.1) is 0 Å². The van der Waals surface area contributed by atoms with Crippen molar-refractivity contribution < 1.29 is 35.9 Å². The highest BCUT2D eigenvalue weighted by Crippen LogP contribution is 2.49. The topological polar surface area (TPSA) is 144 Å². The summed E-state index contributed by atoms with van der Waals surface area (Å²) in [4.78, 5) is 13.5. The highest BCUT2D eigenvalue weighted by molar-refractivity contribution is 7.89. The Morgan fingerprint density at radius 3 is 2.33 bits per heavy atom. The van der Waals surface area contributed by atoms with Gasteiger partial charge in [0.05, 0.1) is 16.1 Å². The third-order valence-electron chi connectivity index (χ3n) is 11.5. The molecule has 0 spiro atoms. The number of carboxylic acids is 1. The summed E-state index contributed by atoms with van der Waals surface area (Å²) in [7, 11) is -7.76. The Kier molecular flexibility index (Phi) is 12.8. The molecule has 0 saturated carbocycles. The number of carboxylic acid groups (broad SMARTS) is 1. The molecule has 2 aliphatic rings. The summed E-state index contributed by atoms with van der Waals surface area (Å²) < 4.78 is 63.5. The molecular weight excluding hydrogens is 771 g/mol. The number of nitrogens with one attached hydrogen (secondary N) is 1. The standard InChI is InChI=1S/C46H55N3O7S2/c1-6-26-47-58(55,56)36-24-22-34-31-38-40(32-35(34)30-36)49(28-15-16-29-57(52,53)54)41(45(38,2)3)19-9-7-10-20-42-46(4,5)44-37-18-13-12-17-33(37)23-25-39(44)48(42)27-14-8-11-21-43(50)51/h7,9-10,12-13,17-20,22-25,30-32,47H,6,8,11,14-16,21,26-29H2,1-5H3,(H-,50,51,52,53,54)/p+1. The van der Waals surface area contributed by atoms with E-state index in [-0.39, 0.29) is 28.9 Å². The van der Waals surface area contributed by atoms with Crippen molar-refractivity contribution >= 4 is 64.7 Å². The average Bonchev–Trinajstić information content (AvgIpc) is 3.51. The molecule has 4 aromatic rings. The van der Waals surface area contributed by atoms with Gasteiger partial charge in [-0.15, -0.1) is 0 Å². The number of anilines is 1. The molecule has 0 unspecified atom stereocenters. The summed E-state index contributed by atoms with van der Waals surface area (Å²) >= 11 is 0. The summed E-state index contributed by atoms with van der Waals surface area (Å²) in [6.45, 7) is 12.4. The lowest BCUT2D eigenvalue weighted by Crippen LogP contribution is -2.28. The van der Waals surface area contributed by atoms with E-state index in [4.69, 9.17) is 5.11 Å². The Balaban J connectivity index is 1.33. The van der Waals surface area contributed by atoms with E-state index in [0.717, 1.165) is 47.1 Å². The van der Waals surface area contributed by atoms with Crippen LogP contribution < -0.4 is 9.62 Å². The van der Waals surface area contributed by atoms with E-state index in [1.165, 1.54) is 27.7 Å². The molecule has 308 valence electrons. The van der Waals surface area contributed by atoms with E-state index in [1.54, 1.807) is 12.1 Å². The first kappa shape index (κ1) is 43.0. The Hall–Kier alpha value is -4.62. The number of carbonyl (C=O) groups is 1. The van der Waals surface area contributed by atoms with Crippen molar-refractivity contribution in [3.8, 4) is 0 Å². The first-order valence-corrected chi connectivity index (χ1v) is 23.3. The molecular formula is C46H56N3O7S2+. The zero-order valence-corrected chi connectivity index (χ0v) is 35.8. The third-order valence-corrected chi connectivity index (χ3v) is 13.7. The number of rotatable bonds is 18. The molecule has 0 amide bonds. The lowest BCUT2D eigenvalue weighted by molar-refractivity contribution is -0.438. The van der Waals surface area contributed by atoms with Gasteiger partial charge in [-0.3, -0.25) is 9.35 Å². The fraction of sp³-hybridized carbons (Fsp3) is 0.391. The summed E-state index contributed by atoms with van der Waals surface area (Å²) in [5.74, 6) is -1.09. The minimum Gasteiger partial charge on any atom is -0.481 e. The van der Waals surface area contributed by atoms with Crippen molar-refractivity contribution in [2.45, 2.75) is 95.3 Å². The van der Waals surface area contributed by atoms with Crippen LogP contribution in [0.15, 0.2) is 108 Å². The van der Waals surface area contributed by atoms with Gasteiger partial charge in [0.1, 0.15) is 6.54 Å². The van der Waals surface area contributed by atoms with Crippen LogP contribution in [0.3, 0.4) is 0 Å². The smallest absolute Gasteiger partial charge is 0.303 e. The van der Waals surface area contributed by atoms with Gasteiger partial charge in [-0.05, 0) is 109 Å². The number of nitrogens with zero attached hydrogens (tertiary/aromatic N) is 2.